The number of likely N-dealkylation sites (tertiary alicyclic amines) is 2. The monoisotopic (exact) mass is 642 g/mol. The highest BCUT2D eigenvalue weighted by molar-refractivity contribution is 7.92. The third-order valence-corrected chi connectivity index (χ3v) is 9.11. The van der Waals surface area contributed by atoms with E-state index in [4.69, 9.17) is 23.2 Å². The van der Waals surface area contributed by atoms with Gasteiger partial charge in [0.25, 0.3) is 15.9 Å². The van der Waals surface area contributed by atoms with Gasteiger partial charge in [-0.15, -0.1) is 0 Å². The molecule has 0 bridgehead atoms. The first-order valence-corrected chi connectivity index (χ1v) is 14.6. The zero-order valence-electron chi connectivity index (χ0n) is 21.3. The zero-order chi connectivity index (χ0) is 30.2. The summed E-state index contributed by atoms with van der Waals surface area (Å²) in [4.78, 5) is 27.5. The molecule has 0 radical (unpaired) electrons. The fraction of sp³-hybridized carbons (Fsp3) is 0.440. The molecule has 1 N–H and O–H groups in total. The van der Waals surface area contributed by atoms with E-state index < -0.39 is 64.9 Å². The molecule has 224 valence electrons. The van der Waals surface area contributed by atoms with Crippen LogP contribution in [-0.4, -0.2) is 75.3 Å². The molecule has 2 fully saturated rings. The number of carbonyl (C=O) groups excluding carboxylic acids is 2. The highest BCUT2D eigenvalue weighted by Crippen LogP contribution is 2.37. The Hall–Kier alpha value is -2.84. The van der Waals surface area contributed by atoms with Crippen molar-refractivity contribution in [2.75, 3.05) is 43.6 Å². The van der Waals surface area contributed by atoms with E-state index in [2.05, 4.69) is 5.32 Å². The molecule has 4 rings (SSSR count). The van der Waals surface area contributed by atoms with Gasteiger partial charge in [-0.25, -0.2) is 22.0 Å². The first-order chi connectivity index (χ1) is 19.1. The summed E-state index contributed by atoms with van der Waals surface area (Å²) in [6.45, 7) is -1.76. The van der Waals surface area contributed by atoms with Crippen molar-refractivity contribution in [3.63, 3.8) is 0 Å². The molecule has 0 aliphatic carbocycles. The lowest BCUT2D eigenvalue weighted by Gasteiger charge is -2.39. The highest BCUT2D eigenvalue weighted by atomic mass is 35.5. The van der Waals surface area contributed by atoms with Crippen molar-refractivity contribution in [2.24, 2.45) is 5.92 Å². The first-order valence-electron chi connectivity index (χ1n) is 12.4. The number of alkyl halides is 5. The summed E-state index contributed by atoms with van der Waals surface area (Å²) >= 11 is 12.0. The van der Waals surface area contributed by atoms with E-state index in [0.29, 0.717) is 29.3 Å². The predicted octanol–water partition coefficient (Wildman–Crippen LogP) is 5.11. The molecule has 2 aliphatic heterocycles. The molecule has 1 unspecified atom stereocenters. The van der Waals surface area contributed by atoms with E-state index in [-0.39, 0.29) is 40.5 Å². The van der Waals surface area contributed by atoms with Crippen molar-refractivity contribution in [2.45, 2.75) is 29.8 Å². The van der Waals surface area contributed by atoms with Crippen molar-refractivity contribution < 1.29 is 40.0 Å². The van der Waals surface area contributed by atoms with Crippen LogP contribution in [0.1, 0.15) is 18.4 Å². The van der Waals surface area contributed by atoms with Crippen molar-refractivity contribution in [1.29, 1.82) is 0 Å². The minimum absolute atomic E-state index is 0.0942. The second-order valence-corrected chi connectivity index (χ2v) is 12.6. The molecule has 16 heteroatoms. The summed E-state index contributed by atoms with van der Waals surface area (Å²) < 4.78 is 94.4. The molecule has 2 aliphatic rings. The number of rotatable bonds is 7. The van der Waals surface area contributed by atoms with Crippen molar-refractivity contribution in [1.82, 2.24) is 15.1 Å². The van der Waals surface area contributed by atoms with Gasteiger partial charge >= 0.3 is 12.2 Å². The number of amides is 3. The molecule has 8 nitrogen and oxygen atoms in total. The van der Waals surface area contributed by atoms with E-state index >= 15 is 0 Å². The van der Waals surface area contributed by atoms with Crippen LogP contribution in [0.4, 0.5) is 32.4 Å². The van der Waals surface area contributed by atoms with Crippen LogP contribution in [0.3, 0.4) is 0 Å². The lowest BCUT2D eigenvalue weighted by atomic mass is 9.98. The lowest BCUT2D eigenvalue weighted by Crippen LogP contribution is -2.61. The van der Waals surface area contributed by atoms with Gasteiger partial charge in [-0.05, 0) is 61.2 Å². The second-order valence-electron chi connectivity index (χ2n) is 9.88. The summed E-state index contributed by atoms with van der Waals surface area (Å²) in [6.07, 6.45) is -3.70. The van der Waals surface area contributed by atoms with Crippen LogP contribution in [0.25, 0.3) is 0 Å². The number of hydrogen-bond acceptors (Lipinski definition) is 4. The number of halogens is 7. The highest BCUT2D eigenvalue weighted by Gasteiger charge is 2.46. The molecular weight excluding hydrogens is 618 g/mol. The number of benzene rings is 2. The number of anilines is 1. The summed E-state index contributed by atoms with van der Waals surface area (Å²) in [6, 6.07) is 6.40. The van der Waals surface area contributed by atoms with E-state index in [1.165, 1.54) is 17.0 Å². The number of nitrogens with zero attached hydrogens (tertiary/aromatic N) is 3. The van der Waals surface area contributed by atoms with Crippen molar-refractivity contribution in [3.05, 3.63) is 58.1 Å². The molecule has 0 aromatic heterocycles. The quantitative estimate of drug-likeness (QED) is 0.425. The van der Waals surface area contributed by atoms with Gasteiger partial charge in [0.2, 0.25) is 5.91 Å². The van der Waals surface area contributed by atoms with Crippen LogP contribution in [-0.2, 0) is 21.0 Å². The van der Waals surface area contributed by atoms with Crippen molar-refractivity contribution >= 4 is 50.9 Å². The van der Waals surface area contributed by atoms with Crippen LogP contribution in [0.15, 0.2) is 47.4 Å². The Bertz CT molecular complexity index is 1400. The van der Waals surface area contributed by atoms with Gasteiger partial charge in [-0.1, -0.05) is 23.2 Å². The first kappa shape index (κ1) is 31.1. The Kier molecular flexibility index (Phi) is 8.95. The molecule has 41 heavy (non-hydrogen) atoms. The minimum atomic E-state index is -4.81. The van der Waals surface area contributed by atoms with E-state index in [0.717, 1.165) is 23.1 Å². The normalized spacial score (nSPS) is 19.0. The number of piperidine rings is 1. The third-order valence-electron chi connectivity index (χ3n) is 6.77. The zero-order valence-corrected chi connectivity index (χ0v) is 23.6. The maximum Gasteiger partial charge on any atom is 0.416 e. The largest absolute Gasteiger partial charge is 0.416 e. The Morgan fingerprint density at radius 2 is 1.71 bits per heavy atom. The molecule has 2 aromatic carbocycles. The van der Waals surface area contributed by atoms with Gasteiger partial charge in [-0.2, -0.15) is 13.2 Å². The number of sulfonamides is 1. The topological polar surface area (TPSA) is 90.0 Å². The predicted molar refractivity (Wildman–Crippen MR) is 142 cm³/mol. The Balaban J connectivity index is 1.54. The SMILES string of the molecule is O=C(CN(c1cc(C(F)(F)F)ccc1Cl)S(=O)(=O)c1ccc(Cl)cc1)N1CCCC(CNC(=O)N2CC(F)(F)C2)C1. The number of carbonyl (C=O) groups is 2. The maximum atomic E-state index is 13.6. The number of hydrogen-bond donors (Lipinski definition) is 1. The van der Waals surface area contributed by atoms with E-state index in [1.54, 1.807) is 0 Å². The van der Waals surface area contributed by atoms with Gasteiger partial charge in [0.1, 0.15) is 6.54 Å². The Morgan fingerprint density at radius 1 is 1.05 bits per heavy atom. The van der Waals surface area contributed by atoms with E-state index in [1.807, 2.05) is 0 Å². The average molecular weight is 643 g/mol. The lowest BCUT2D eigenvalue weighted by molar-refractivity contribution is -0.137. The number of nitrogens with one attached hydrogen (secondary N) is 1. The minimum Gasteiger partial charge on any atom is -0.341 e. The fourth-order valence-electron chi connectivity index (χ4n) is 4.59. The second kappa shape index (κ2) is 11.8. The molecule has 0 saturated carbocycles. The van der Waals surface area contributed by atoms with Crippen LogP contribution in [0.5, 0.6) is 0 Å². The maximum absolute atomic E-state index is 13.6. The molecule has 3 amide bonds. The van der Waals surface area contributed by atoms with Gasteiger partial charge in [0.15, 0.2) is 0 Å². The van der Waals surface area contributed by atoms with Crippen LogP contribution in [0, 0.1) is 5.92 Å². The summed E-state index contributed by atoms with van der Waals surface area (Å²) in [5.41, 5.74) is -1.69. The molecule has 1 atom stereocenters. The Labute approximate surface area is 243 Å². The molecule has 2 saturated heterocycles. The van der Waals surface area contributed by atoms with Gasteiger partial charge < -0.3 is 15.1 Å². The summed E-state index contributed by atoms with van der Waals surface area (Å²) in [7, 11) is -4.59. The molecule has 0 spiro atoms. The van der Waals surface area contributed by atoms with Gasteiger partial charge in [0.05, 0.1) is 34.3 Å². The molecule has 2 heterocycles. The standard InChI is InChI=1S/C25H25Cl2F5N4O4S/c26-18-4-6-19(7-5-18)41(39,40)36(21-10-17(25(30,31)32)3-8-20(21)27)13-22(37)34-9-1-2-16(12-34)11-33-23(38)35-14-24(28,29)15-35/h3-8,10,16H,1-2,9,11-15H2,(H,33,38). The van der Waals surface area contributed by atoms with Gasteiger partial charge in [0, 0.05) is 24.7 Å². The Morgan fingerprint density at radius 3 is 2.32 bits per heavy atom. The summed E-state index contributed by atoms with van der Waals surface area (Å²) in [5, 5.41) is 2.47. The summed E-state index contributed by atoms with van der Waals surface area (Å²) in [5.74, 6) is -3.86. The van der Waals surface area contributed by atoms with E-state index in [9.17, 15) is 40.0 Å². The van der Waals surface area contributed by atoms with Crippen LogP contribution >= 0.6 is 23.2 Å². The van der Waals surface area contributed by atoms with Crippen LogP contribution < -0.4 is 9.62 Å². The van der Waals surface area contributed by atoms with Crippen molar-refractivity contribution in [3.8, 4) is 0 Å². The van der Waals surface area contributed by atoms with Gasteiger partial charge in [-0.3, -0.25) is 9.10 Å². The number of urea groups is 1. The smallest absolute Gasteiger partial charge is 0.341 e. The third kappa shape index (κ3) is 7.33. The average Bonchev–Trinajstić information content (AvgIpc) is 2.89. The molecule has 2 aromatic rings. The van der Waals surface area contributed by atoms with Crippen LogP contribution in [0.2, 0.25) is 10.0 Å². The molecular formula is C25H25Cl2F5N4O4S. The fourth-order valence-corrected chi connectivity index (χ4v) is 6.41.